The third-order valence-corrected chi connectivity index (χ3v) is 3.96. The van der Waals surface area contributed by atoms with Crippen molar-refractivity contribution < 1.29 is 18.3 Å². The average Bonchev–Trinajstić information content (AvgIpc) is 2.60. The van der Waals surface area contributed by atoms with Crippen molar-refractivity contribution in [2.45, 2.75) is 25.8 Å². The van der Waals surface area contributed by atoms with Crippen molar-refractivity contribution in [2.24, 2.45) is 5.73 Å². The molecule has 0 aliphatic heterocycles. The number of aromatic nitrogens is 1. The summed E-state index contributed by atoms with van der Waals surface area (Å²) in [6.07, 6.45) is 4.64. The molecule has 0 saturated heterocycles. The number of ether oxygens (including phenoxy) is 1. The van der Waals surface area contributed by atoms with Gasteiger partial charge in [-0.05, 0) is 43.7 Å². The smallest absolute Gasteiger partial charge is 0.316 e. The van der Waals surface area contributed by atoms with Crippen molar-refractivity contribution in [3.8, 4) is 5.75 Å². The van der Waals surface area contributed by atoms with Crippen LogP contribution in [0.1, 0.15) is 30.7 Å². The molecule has 2 amide bonds. The molecule has 0 saturated carbocycles. The maximum absolute atomic E-state index is 14.8. The third-order valence-electron chi connectivity index (χ3n) is 3.65. The zero-order chi connectivity index (χ0) is 20.0. The van der Waals surface area contributed by atoms with Gasteiger partial charge in [-0.2, -0.15) is 8.78 Å². The summed E-state index contributed by atoms with van der Waals surface area (Å²) in [5.74, 6) is -2.93. The molecule has 1 aromatic carbocycles. The van der Waals surface area contributed by atoms with Crippen molar-refractivity contribution >= 4 is 23.7 Å². The molecule has 27 heavy (non-hydrogen) atoms. The molecule has 144 valence electrons. The molecule has 0 aliphatic carbocycles. The number of primary amides is 1. The average molecular weight is 396 g/mol. The number of carbonyl (C=O) groups excluding carboxylic acids is 1. The minimum atomic E-state index is -3.36. The predicted octanol–water partition coefficient (Wildman–Crippen LogP) is 4.34. The molecule has 0 aliphatic rings. The minimum absolute atomic E-state index is 0.0944. The molecule has 0 fully saturated rings. The Balaban J connectivity index is 2.20. The van der Waals surface area contributed by atoms with Crippen molar-refractivity contribution in [1.82, 2.24) is 10.3 Å². The molecule has 1 aromatic heterocycles. The van der Waals surface area contributed by atoms with Crippen LogP contribution in [-0.4, -0.2) is 23.7 Å². The topological polar surface area (TPSA) is 77.2 Å². The summed E-state index contributed by atoms with van der Waals surface area (Å²) >= 11 is 6.01. The predicted molar refractivity (Wildman–Crippen MR) is 101 cm³/mol. The number of nitrogens with two attached hydrogens (primary N) is 1. The quantitative estimate of drug-likeness (QED) is 0.731. The molecule has 2 aromatic rings. The lowest BCUT2D eigenvalue weighted by Gasteiger charge is -2.18. The number of hydrogen-bond acceptors (Lipinski definition) is 3. The van der Waals surface area contributed by atoms with Crippen molar-refractivity contribution in [2.75, 3.05) is 6.61 Å². The largest absolute Gasteiger partial charge is 0.494 e. The van der Waals surface area contributed by atoms with Crippen LogP contribution in [0.25, 0.3) is 6.08 Å². The second-order valence-electron chi connectivity index (χ2n) is 5.78. The fourth-order valence-electron chi connectivity index (χ4n) is 2.36. The zero-order valence-corrected chi connectivity index (χ0v) is 15.6. The number of alkyl halides is 2. The van der Waals surface area contributed by atoms with Crippen LogP contribution in [0.5, 0.6) is 5.75 Å². The number of nitrogens with zero attached hydrogens (tertiary/aromatic N) is 1. The number of carbonyl (C=O) groups is 1. The second kappa shape index (κ2) is 8.81. The molecule has 0 unspecified atom stereocenters. The number of halogens is 3. The Morgan fingerprint density at radius 2 is 2.15 bits per heavy atom. The van der Waals surface area contributed by atoms with Crippen LogP contribution in [-0.2, 0) is 5.92 Å². The Morgan fingerprint density at radius 1 is 1.41 bits per heavy atom. The highest BCUT2D eigenvalue weighted by Crippen LogP contribution is 2.39. The molecular weight excluding hydrogens is 376 g/mol. The summed E-state index contributed by atoms with van der Waals surface area (Å²) < 4.78 is 34.8. The summed E-state index contributed by atoms with van der Waals surface area (Å²) in [5, 5.41) is 2.38. The first-order valence-electron chi connectivity index (χ1n) is 8.25. The number of benzene rings is 1. The van der Waals surface area contributed by atoms with E-state index in [1.54, 1.807) is 26.0 Å². The van der Waals surface area contributed by atoms with E-state index in [-0.39, 0.29) is 16.6 Å². The highest BCUT2D eigenvalue weighted by atomic mass is 35.5. The van der Waals surface area contributed by atoms with E-state index in [9.17, 15) is 13.6 Å². The van der Waals surface area contributed by atoms with Crippen LogP contribution in [0, 0.1) is 0 Å². The van der Waals surface area contributed by atoms with E-state index in [0.29, 0.717) is 17.9 Å². The standard InChI is InChI=1S/C19H20ClF2N3O2/c1-3-27-14-7-8-15(16(20)10-14)19(21,22)17-9-6-13(11-24-17)5-4-12(2)25-18(23)26/h4-12H,3H2,1-2H3,(H3,23,25,26)/b5-4+/t12-/m0/s1. The Bertz CT molecular complexity index is 826. The van der Waals surface area contributed by atoms with Gasteiger partial charge in [0.05, 0.1) is 11.6 Å². The van der Waals surface area contributed by atoms with Crippen LogP contribution < -0.4 is 15.8 Å². The number of pyridine rings is 1. The highest BCUT2D eigenvalue weighted by molar-refractivity contribution is 6.31. The molecular formula is C19H20ClF2N3O2. The summed E-state index contributed by atoms with van der Waals surface area (Å²) in [6, 6.07) is 5.84. The van der Waals surface area contributed by atoms with E-state index in [1.807, 2.05) is 0 Å². The molecule has 8 heteroatoms. The van der Waals surface area contributed by atoms with E-state index < -0.39 is 17.6 Å². The van der Waals surface area contributed by atoms with Gasteiger partial charge in [0.2, 0.25) is 0 Å². The second-order valence-corrected chi connectivity index (χ2v) is 6.19. The number of amides is 2. The lowest BCUT2D eigenvalue weighted by molar-refractivity contribution is 0.0381. The lowest BCUT2D eigenvalue weighted by atomic mass is 10.0. The lowest BCUT2D eigenvalue weighted by Crippen LogP contribution is -2.35. The Labute approximate surface area is 161 Å². The van der Waals surface area contributed by atoms with E-state index in [4.69, 9.17) is 22.1 Å². The zero-order valence-electron chi connectivity index (χ0n) is 14.9. The van der Waals surface area contributed by atoms with E-state index >= 15 is 0 Å². The van der Waals surface area contributed by atoms with Gasteiger partial charge < -0.3 is 15.8 Å². The third kappa shape index (κ3) is 5.40. The van der Waals surface area contributed by atoms with Crippen molar-refractivity contribution in [1.29, 1.82) is 0 Å². The van der Waals surface area contributed by atoms with Crippen LogP contribution in [0.15, 0.2) is 42.6 Å². The Hall–Kier alpha value is -2.67. The first-order valence-corrected chi connectivity index (χ1v) is 8.63. The fraction of sp³-hybridized carbons (Fsp3) is 0.263. The van der Waals surface area contributed by atoms with Gasteiger partial charge in [0.25, 0.3) is 0 Å². The van der Waals surface area contributed by atoms with Crippen molar-refractivity contribution in [3.63, 3.8) is 0 Å². The number of urea groups is 1. The van der Waals surface area contributed by atoms with E-state index in [1.165, 1.54) is 36.5 Å². The summed E-state index contributed by atoms with van der Waals surface area (Å²) in [7, 11) is 0. The van der Waals surface area contributed by atoms with Crippen molar-refractivity contribution in [3.05, 3.63) is 64.4 Å². The van der Waals surface area contributed by atoms with E-state index in [2.05, 4.69) is 10.3 Å². The van der Waals surface area contributed by atoms with Crippen LogP contribution in [0.4, 0.5) is 13.6 Å². The monoisotopic (exact) mass is 395 g/mol. The number of nitrogens with one attached hydrogen (secondary N) is 1. The van der Waals surface area contributed by atoms with E-state index in [0.717, 1.165) is 0 Å². The Kier molecular flexibility index (Phi) is 6.74. The molecule has 5 nitrogen and oxygen atoms in total. The van der Waals surface area contributed by atoms with Gasteiger partial charge in [0, 0.05) is 17.8 Å². The molecule has 0 spiro atoms. The fourth-order valence-corrected chi connectivity index (χ4v) is 2.65. The van der Waals surface area contributed by atoms with Gasteiger partial charge in [0.1, 0.15) is 11.4 Å². The van der Waals surface area contributed by atoms with Gasteiger partial charge in [-0.3, -0.25) is 4.98 Å². The molecule has 0 radical (unpaired) electrons. The van der Waals surface area contributed by atoms with Crippen LogP contribution in [0.3, 0.4) is 0 Å². The van der Waals surface area contributed by atoms with Gasteiger partial charge in [-0.15, -0.1) is 0 Å². The molecule has 1 atom stereocenters. The first kappa shape index (κ1) is 20.6. The SMILES string of the molecule is CCOc1ccc(C(F)(F)c2ccc(/C=C/[C@H](C)NC(N)=O)cn2)c(Cl)c1. The Morgan fingerprint density at radius 3 is 2.70 bits per heavy atom. The van der Waals surface area contributed by atoms with Crippen LogP contribution in [0.2, 0.25) is 5.02 Å². The molecule has 3 N–H and O–H groups in total. The number of rotatable bonds is 7. The normalized spacial score (nSPS) is 12.8. The summed E-state index contributed by atoms with van der Waals surface area (Å²) in [4.78, 5) is 14.6. The van der Waals surface area contributed by atoms with Gasteiger partial charge in [-0.1, -0.05) is 29.8 Å². The maximum Gasteiger partial charge on any atom is 0.316 e. The maximum atomic E-state index is 14.8. The highest BCUT2D eigenvalue weighted by Gasteiger charge is 2.37. The summed E-state index contributed by atoms with van der Waals surface area (Å²) in [6.45, 7) is 3.93. The minimum Gasteiger partial charge on any atom is -0.494 e. The molecule has 1 heterocycles. The van der Waals surface area contributed by atoms with Gasteiger partial charge >= 0.3 is 12.0 Å². The first-order chi connectivity index (χ1) is 12.7. The van der Waals surface area contributed by atoms with Crippen LogP contribution >= 0.6 is 11.6 Å². The summed E-state index contributed by atoms with van der Waals surface area (Å²) in [5.41, 5.74) is 4.86. The molecule has 0 bridgehead atoms. The van der Waals surface area contributed by atoms with Gasteiger partial charge in [-0.25, -0.2) is 4.79 Å². The molecule has 2 rings (SSSR count). The number of hydrogen-bond donors (Lipinski definition) is 2. The van der Waals surface area contributed by atoms with Gasteiger partial charge in [0.15, 0.2) is 0 Å².